The average molecular weight is 581 g/mol. The Morgan fingerprint density at radius 3 is 2.54 bits per heavy atom. The van der Waals surface area contributed by atoms with Crippen LogP contribution in [0.3, 0.4) is 0 Å². The van der Waals surface area contributed by atoms with E-state index in [1.807, 2.05) is 42.5 Å². The number of amides is 1. The molecule has 0 saturated carbocycles. The van der Waals surface area contributed by atoms with Gasteiger partial charge >= 0.3 is 0 Å². The Morgan fingerprint density at radius 1 is 1.00 bits per heavy atom. The second-order valence-corrected chi connectivity index (χ2v) is 9.93. The molecule has 7 nitrogen and oxygen atoms in total. The highest BCUT2D eigenvalue weighted by molar-refractivity contribution is 9.10. The van der Waals surface area contributed by atoms with Gasteiger partial charge in [-0.1, -0.05) is 52.3 Å². The standard InChI is InChI=1S/C31H21BrN2O5/c32-22-8-13-25-21(15-22)16-26(39-25)29(35)27-28(20-7-4-14-33-17-20)34(31(37)30(27)36)23-9-11-24(12-10-23)38-18-19-5-2-1-3-6-19/h1-17,28,36H,18H2. The highest BCUT2D eigenvalue weighted by Crippen LogP contribution is 2.42. The number of hydrogen-bond acceptors (Lipinski definition) is 6. The van der Waals surface area contributed by atoms with Crippen LogP contribution in [0, 0.1) is 0 Å². The van der Waals surface area contributed by atoms with E-state index in [2.05, 4.69) is 20.9 Å². The SMILES string of the molecule is O=C(C1=C(O)C(=O)N(c2ccc(OCc3ccccc3)cc2)C1c1cccnc1)c1cc2cc(Br)ccc2o1. The lowest BCUT2D eigenvalue weighted by atomic mass is 9.96. The van der Waals surface area contributed by atoms with Gasteiger partial charge in [-0.2, -0.15) is 0 Å². The van der Waals surface area contributed by atoms with Crippen LogP contribution in [0.1, 0.15) is 27.7 Å². The van der Waals surface area contributed by atoms with Crippen molar-refractivity contribution >= 4 is 44.3 Å². The molecule has 0 aliphatic carbocycles. The van der Waals surface area contributed by atoms with E-state index in [1.165, 1.54) is 4.90 Å². The number of aromatic nitrogens is 1. The Hall–Kier alpha value is -4.69. The Bertz CT molecular complexity index is 1710. The van der Waals surface area contributed by atoms with Crippen LogP contribution in [-0.2, 0) is 11.4 Å². The van der Waals surface area contributed by atoms with Crippen molar-refractivity contribution in [1.82, 2.24) is 4.98 Å². The van der Waals surface area contributed by atoms with Crippen molar-refractivity contribution in [2.45, 2.75) is 12.6 Å². The number of benzene rings is 3. The van der Waals surface area contributed by atoms with Gasteiger partial charge in [0.25, 0.3) is 5.91 Å². The Morgan fingerprint density at radius 2 is 1.79 bits per heavy atom. The number of aliphatic hydroxyl groups is 1. The molecule has 3 aromatic carbocycles. The summed E-state index contributed by atoms with van der Waals surface area (Å²) in [5, 5.41) is 11.7. The molecule has 5 aromatic rings. The number of hydrogen-bond donors (Lipinski definition) is 1. The Labute approximate surface area is 232 Å². The number of ketones is 1. The van der Waals surface area contributed by atoms with E-state index in [1.54, 1.807) is 60.9 Å². The molecule has 2 aromatic heterocycles. The molecule has 1 atom stereocenters. The van der Waals surface area contributed by atoms with E-state index in [4.69, 9.17) is 9.15 Å². The minimum absolute atomic E-state index is 0.0258. The number of rotatable bonds is 7. The second-order valence-electron chi connectivity index (χ2n) is 9.02. The van der Waals surface area contributed by atoms with E-state index in [9.17, 15) is 14.7 Å². The molecule has 6 rings (SSSR count). The van der Waals surface area contributed by atoms with Crippen LogP contribution in [0.25, 0.3) is 11.0 Å². The van der Waals surface area contributed by atoms with Gasteiger partial charge in [-0.3, -0.25) is 19.5 Å². The second kappa shape index (κ2) is 10.2. The highest BCUT2D eigenvalue weighted by Gasteiger charge is 2.45. The summed E-state index contributed by atoms with van der Waals surface area (Å²) in [5.74, 6) is -1.25. The summed E-state index contributed by atoms with van der Waals surface area (Å²) in [4.78, 5) is 32.7. The monoisotopic (exact) mass is 580 g/mol. The number of ether oxygens (including phenoxy) is 1. The molecule has 8 heteroatoms. The molecule has 39 heavy (non-hydrogen) atoms. The van der Waals surface area contributed by atoms with Crippen LogP contribution in [0.2, 0.25) is 0 Å². The summed E-state index contributed by atoms with van der Waals surface area (Å²) < 4.78 is 12.5. The average Bonchev–Trinajstić information content (AvgIpc) is 3.51. The van der Waals surface area contributed by atoms with E-state index in [-0.39, 0.29) is 11.3 Å². The third-order valence-corrected chi connectivity index (χ3v) is 7.01. The van der Waals surface area contributed by atoms with Crippen LogP contribution in [0.15, 0.2) is 124 Å². The van der Waals surface area contributed by atoms with Crippen molar-refractivity contribution in [1.29, 1.82) is 0 Å². The number of nitrogens with zero attached hydrogens (tertiary/aromatic N) is 2. The third kappa shape index (κ3) is 4.70. The molecule has 0 spiro atoms. The van der Waals surface area contributed by atoms with Crippen LogP contribution in [0.4, 0.5) is 5.69 Å². The number of Topliss-reactive ketones (excluding diaryl/α,β-unsaturated/α-hetero) is 1. The number of anilines is 1. The van der Waals surface area contributed by atoms with Crippen molar-refractivity contribution in [2.75, 3.05) is 4.90 Å². The van der Waals surface area contributed by atoms with Crippen LogP contribution in [-0.4, -0.2) is 21.8 Å². The molecular weight excluding hydrogens is 560 g/mol. The quantitative estimate of drug-likeness (QED) is 0.209. The van der Waals surface area contributed by atoms with Gasteiger partial charge in [0.15, 0.2) is 11.5 Å². The van der Waals surface area contributed by atoms with E-state index >= 15 is 0 Å². The van der Waals surface area contributed by atoms with Gasteiger partial charge in [0.05, 0.1) is 11.6 Å². The maximum Gasteiger partial charge on any atom is 0.294 e. The number of carbonyl (C=O) groups is 2. The minimum Gasteiger partial charge on any atom is -0.503 e. The summed E-state index contributed by atoms with van der Waals surface area (Å²) >= 11 is 3.42. The van der Waals surface area contributed by atoms with Gasteiger partial charge in [0.1, 0.15) is 17.9 Å². The topological polar surface area (TPSA) is 92.9 Å². The van der Waals surface area contributed by atoms with Gasteiger partial charge in [0, 0.05) is 27.9 Å². The first-order chi connectivity index (χ1) is 19.0. The Kier molecular flexibility index (Phi) is 6.46. The van der Waals surface area contributed by atoms with Crippen molar-refractivity contribution in [3.8, 4) is 5.75 Å². The molecule has 0 saturated heterocycles. The fourth-order valence-corrected chi connectivity index (χ4v) is 5.04. The zero-order valence-corrected chi connectivity index (χ0v) is 22.0. The van der Waals surface area contributed by atoms with Crippen LogP contribution >= 0.6 is 15.9 Å². The van der Waals surface area contributed by atoms with Crippen molar-refractivity contribution in [2.24, 2.45) is 0 Å². The molecule has 192 valence electrons. The molecule has 0 bridgehead atoms. The van der Waals surface area contributed by atoms with Gasteiger partial charge in [-0.05, 0) is 65.7 Å². The lowest BCUT2D eigenvalue weighted by molar-refractivity contribution is -0.117. The predicted molar refractivity (Wildman–Crippen MR) is 150 cm³/mol. The molecular formula is C31H21BrN2O5. The zero-order valence-electron chi connectivity index (χ0n) is 20.5. The molecule has 1 aliphatic rings. The summed E-state index contributed by atoms with van der Waals surface area (Å²) in [6.45, 7) is 0.399. The summed E-state index contributed by atoms with van der Waals surface area (Å²) in [7, 11) is 0. The minimum atomic E-state index is -0.908. The van der Waals surface area contributed by atoms with Crippen LogP contribution < -0.4 is 9.64 Å². The van der Waals surface area contributed by atoms with E-state index in [0.717, 1.165) is 15.4 Å². The maximum atomic E-state index is 13.7. The molecule has 1 N–H and O–H groups in total. The largest absolute Gasteiger partial charge is 0.503 e. The maximum absolute atomic E-state index is 13.7. The van der Waals surface area contributed by atoms with Gasteiger partial charge in [-0.15, -0.1) is 0 Å². The fraction of sp³-hybridized carbons (Fsp3) is 0.0645. The molecule has 1 unspecified atom stereocenters. The number of furan rings is 1. The predicted octanol–water partition coefficient (Wildman–Crippen LogP) is 6.95. The lowest BCUT2D eigenvalue weighted by Crippen LogP contribution is -2.31. The summed E-state index contributed by atoms with van der Waals surface area (Å²) in [6, 6.07) is 26.3. The fourth-order valence-electron chi connectivity index (χ4n) is 4.66. The number of carbonyl (C=O) groups excluding carboxylic acids is 2. The number of fused-ring (bicyclic) bond motifs is 1. The highest BCUT2D eigenvalue weighted by atomic mass is 79.9. The van der Waals surface area contributed by atoms with E-state index in [0.29, 0.717) is 29.2 Å². The number of pyridine rings is 1. The molecule has 3 heterocycles. The first-order valence-corrected chi connectivity index (χ1v) is 13.0. The first-order valence-electron chi connectivity index (χ1n) is 12.2. The van der Waals surface area contributed by atoms with Gasteiger partial charge in [-0.25, -0.2) is 0 Å². The van der Waals surface area contributed by atoms with Gasteiger partial charge < -0.3 is 14.3 Å². The zero-order chi connectivity index (χ0) is 26.9. The summed E-state index contributed by atoms with van der Waals surface area (Å²) in [6.07, 6.45) is 3.18. The van der Waals surface area contributed by atoms with Crippen LogP contribution in [0.5, 0.6) is 5.75 Å². The Balaban J connectivity index is 1.34. The number of aliphatic hydroxyl groups excluding tert-OH is 1. The van der Waals surface area contributed by atoms with Crippen molar-refractivity contribution in [3.63, 3.8) is 0 Å². The summed E-state index contributed by atoms with van der Waals surface area (Å²) in [5.41, 5.74) is 2.54. The normalized spacial score (nSPS) is 15.3. The van der Waals surface area contributed by atoms with E-state index < -0.39 is 23.5 Å². The lowest BCUT2D eigenvalue weighted by Gasteiger charge is -2.26. The smallest absolute Gasteiger partial charge is 0.294 e. The molecule has 0 radical (unpaired) electrons. The van der Waals surface area contributed by atoms with Crippen molar-refractivity contribution < 1.29 is 23.8 Å². The molecule has 0 fully saturated rings. The molecule has 1 amide bonds. The number of halogens is 1. The first kappa shape index (κ1) is 24.6. The molecule has 1 aliphatic heterocycles. The van der Waals surface area contributed by atoms with Crippen molar-refractivity contribution in [3.05, 3.63) is 136 Å². The third-order valence-electron chi connectivity index (χ3n) is 6.52. The van der Waals surface area contributed by atoms with Gasteiger partial charge in [0.2, 0.25) is 5.78 Å².